The molecule has 0 amide bonds. The predicted octanol–water partition coefficient (Wildman–Crippen LogP) is 3.12. The van der Waals surface area contributed by atoms with Crippen LogP contribution in [0.15, 0.2) is 46.9 Å². The van der Waals surface area contributed by atoms with Crippen LogP contribution < -0.4 is 5.32 Å². The van der Waals surface area contributed by atoms with Gasteiger partial charge in [-0.2, -0.15) is 0 Å². The summed E-state index contributed by atoms with van der Waals surface area (Å²) in [4.78, 5) is 0. The number of halogens is 2. The van der Waals surface area contributed by atoms with Crippen LogP contribution in [0.2, 0.25) is 0 Å². The van der Waals surface area contributed by atoms with E-state index in [9.17, 15) is 14.6 Å². The molecule has 0 heterocycles. The van der Waals surface area contributed by atoms with Gasteiger partial charge in [0.1, 0.15) is 11.6 Å². The first-order chi connectivity index (χ1) is 9.56. The van der Waals surface area contributed by atoms with Crippen molar-refractivity contribution in [2.45, 2.75) is 12.6 Å². The van der Waals surface area contributed by atoms with E-state index in [0.29, 0.717) is 18.7 Å². The quantitative estimate of drug-likeness (QED) is 0.784. The van der Waals surface area contributed by atoms with Gasteiger partial charge >= 0.3 is 0 Å². The van der Waals surface area contributed by atoms with Gasteiger partial charge < -0.3 is 15.5 Å². The lowest BCUT2D eigenvalue weighted by molar-refractivity contribution is 0.174. The highest BCUT2D eigenvalue weighted by Gasteiger charge is 2.08. The van der Waals surface area contributed by atoms with E-state index in [0.717, 1.165) is 10.0 Å². The molecule has 2 rings (SSSR count). The highest BCUT2D eigenvalue weighted by molar-refractivity contribution is 9.10. The number of rotatable bonds is 5. The normalized spacial score (nSPS) is 12.3. The van der Waals surface area contributed by atoms with Crippen molar-refractivity contribution in [3.63, 3.8) is 0 Å². The molecular weight excluding hydrogens is 325 g/mol. The fourth-order valence-electron chi connectivity index (χ4n) is 1.84. The van der Waals surface area contributed by atoms with Gasteiger partial charge in [-0.3, -0.25) is 0 Å². The van der Waals surface area contributed by atoms with Gasteiger partial charge in [0.25, 0.3) is 0 Å². The topological polar surface area (TPSA) is 52.5 Å². The van der Waals surface area contributed by atoms with Crippen LogP contribution in [0.4, 0.5) is 4.39 Å². The van der Waals surface area contributed by atoms with Crippen molar-refractivity contribution in [3.05, 3.63) is 63.9 Å². The molecule has 1 unspecified atom stereocenters. The molecule has 20 heavy (non-hydrogen) atoms. The second-order valence-electron chi connectivity index (χ2n) is 4.47. The molecule has 0 radical (unpaired) electrons. The Bertz CT molecular complexity index is 575. The Morgan fingerprint density at radius 1 is 1.15 bits per heavy atom. The monoisotopic (exact) mass is 339 g/mol. The van der Waals surface area contributed by atoms with Crippen LogP contribution in [0.5, 0.6) is 5.75 Å². The number of aliphatic hydroxyl groups excluding tert-OH is 1. The molecule has 0 aliphatic carbocycles. The molecule has 1 atom stereocenters. The zero-order chi connectivity index (χ0) is 14.5. The molecule has 0 saturated carbocycles. The zero-order valence-corrected chi connectivity index (χ0v) is 12.3. The van der Waals surface area contributed by atoms with Crippen LogP contribution in [0.3, 0.4) is 0 Å². The average molecular weight is 340 g/mol. The lowest BCUT2D eigenvalue weighted by atomic mass is 10.1. The van der Waals surface area contributed by atoms with Gasteiger partial charge in [-0.15, -0.1) is 0 Å². The largest absolute Gasteiger partial charge is 0.508 e. The number of aromatic hydroxyl groups is 1. The third kappa shape index (κ3) is 4.03. The Labute approximate surface area is 125 Å². The minimum atomic E-state index is -0.718. The van der Waals surface area contributed by atoms with E-state index in [2.05, 4.69) is 21.2 Å². The van der Waals surface area contributed by atoms with Crippen LogP contribution in [0.1, 0.15) is 17.2 Å². The SMILES string of the molecule is Oc1ccc(Br)cc1CNCC(O)c1ccc(F)cc1. The minimum Gasteiger partial charge on any atom is -0.508 e. The maximum atomic E-state index is 12.8. The Kier molecular flexibility index (Phi) is 5.11. The smallest absolute Gasteiger partial charge is 0.123 e. The molecule has 0 spiro atoms. The minimum absolute atomic E-state index is 0.206. The van der Waals surface area contributed by atoms with Gasteiger partial charge in [0.15, 0.2) is 0 Å². The van der Waals surface area contributed by atoms with E-state index < -0.39 is 6.10 Å². The molecule has 2 aromatic rings. The number of aliphatic hydroxyl groups is 1. The highest BCUT2D eigenvalue weighted by atomic mass is 79.9. The third-order valence-corrected chi connectivity index (χ3v) is 3.44. The van der Waals surface area contributed by atoms with Crippen molar-refractivity contribution in [1.29, 1.82) is 0 Å². The van der Waals surface area contributed by atoms with Crippen molar-refractivity contribution in [2.24, 2.45) is 0 Å². The van der Waals surface area contributed by atoms with Crippen molar-refractivity contribution < 1.29 is 14.6 Å². The van der Waals surface area contributed by atoms with Crippen LogP contribution >= 0.6 is 15.9 Å². The Morgan fingerprint density at radius 2 is 1.85 bits per heavy atom. The summed E-state index contributed by atoms with van der Waals surface area (Å²) in [6.45, 7) is 0.751. The maximum Gasteiger partial charge on any atom is 0.123 e. The summed E-state index contributed by atoms with van der Waals surface area (Å²) in [6.07, 6.45) is -0.718. The molecular formula is C15H15BrFNO2. The number of hydrogen-bond acceptors (Lipinski definition) is 3. The first-order valence-electron chi connectivity index (χ1n) is 6.18. The number of phenolic OH excluding ortho intramolecular Hbond substituents is 1. The van der Waals surface area contributed by atoms with Crippen molar-refractivity contribution in [2.75, 3.05) is 6.54 Å². The van der Waals surface area contributed by atoms with Gasteiger partial charge in [0.05, 0.1) is 6.10 Å². The third-order valence-electron chi connectivity index (χ3n) is 2.95. The van der Waals surface area contributed by atoms with Crippen LogP contribution in [-0.4, -0.2) is 16.8 Å². The van der Waals surface area contributed by atoms with Crippen molar-refractivity contribution >= 4 is 15.9 Å². The standard InChI is InChI=1S/C15H15BrFNO2/c16-12-3-6-14(19)11(7-12)8-18-9-15(20)10-1-4-13(17)5-2-10/h1-7,15,18-20H,8-9H2. The molecule has 0 fully saturated rings. The first-order valence-corrected chi connectivity index (χ1v) is 6.97. The Balaban J connectivity index is 1.89. The molecule has 106 valence electrons. The van der Waals surface area contributed by atoms with E-state index in [1.165, 1.54) is 12.1 Å². The molecule has 2 aromatic carbocycles. The summed E-state index contributed by atoms with van der Waals surface area (Å²) >= 11 is 3.34. The van der Waals surface area contributed by atoms with E-state index in [4.69, 9.17) is 0 Å². The molecule has 0 aliphatic heterocycles. The molecule has 0 bridgehead atoms. The highest BCUT2D eigenvalue weighted by Crippen LogP contribution is 2.21. The molecule has 0 aromatic heterocycles. The predicted molar refractivity (Wildman–Crippen MR) is 78.9 cm³/mol. The summed E-state index contributed by atoms with van der Waals surface area (Å²) < 4.78 is 13.7. The molecule has 5 heteroatoms. The number of phenols is 1. The fraction of sp³-hybridized carbons (Fsp3) is 0.200. The van der Waals surface area contributed by atoms with Crippen LogP contribution in [-0.2, 0) is 6.54 Å². The van der Waals surface area contributed by atoms with Gasteiger partial charge in [0, 0.05) is 23.1 Å². The second-order valence-corrected chi connectivity index (χ2v) is 5.39. The van der Waals surface area contributed by atoms with Gasteiger partial charge in [-0.25, -0.2) is 4.39 Å². The zero-order valence-electron chi connectivity index (χ0n) is 10.7. The molecule has 0 aliphatic rings. The molecule has 0 saturated heterocycles. The summed E-state index contributed by atoms with van der Waals surface area (Å²) in [6, 6.07) is 10.9. The summed E-state index contributed by atoms with van der Waals surface area (Å²) in [5.74, 6) is -0.120. The fourth-order valence-corrected chi connectivity index (χ4v) is 2.25. The van der Waals surface area contributed by atoms with E-state index in [1.807, 2.05) is 6.07 Å². The first kappa shape index (κ1) is 15.0. The van der Waals surface area contributed by atoms with Crippen molar-refractivity contribution in [3.8, 4) is 5.75 Å². The van der Waals surface area contributed by atoms with Gasteiger partial charge in [-0.1, -0.05) is 28.1 Å². The van der Waals surface area contributed by atoms with Gasteiger partial charge in [-0.05, 0) is 35.9 Å². The summed E-state index contributed by atoms with van der Waals surface area (Å²) in [7, 11) is 0. The van der Waals surface area contributed by atoms with E-state index in [1.54, 1.807) is 24.3 Å². The lowest BCUT2D eigenvalue weighted by Gasteiger charge is -2.13. The molecule has 3 nitrogen and oxygen atoms in total. The summed E-state index contributed by atoms with van der Waals surface area (Å²) in [5, 5.41) is 22.7. The van der Waals surface area contributed by atoms with Gasteiger partial charge in [0.2, 0.25) is 0 Å². The van der Waals surface area contributed by atoms with E-state index >= 15 is 0 Å². The molecule has 3 N–H and O–H groups in total. The maximum absolute atomic E-state index is 12.8. The van der Waals surface area contributed by atoms with Crippen LogP contribution in [0.25, 0.3) is 0 Å². The number of hydrogen-bond donors (Lipinski definition) is 3. The second kappa shape index (κ2) is 6.83. The lowest BCUT2D eigenvalue weighted by Crippen LogP contribution is -2.21. The Morgan fingerprint density at radius 3 is 2.55 bits per heavy atom. The van der Waals surface area contributed by atoms with Crippen molar-refractivity contribution in [1.82, 2.24) is 5.32 Å². The number of benzene rings is 2. The van der Waals surface area contributed by atoms with Crippen LogP contribution in [0, 0.1) is 5.82 Å². The summed E-state index contributed by atoms with van der Waals surface area (Å²) in [5.41, 5.74) is 1.39. The van der Waals surface area contributed by atoms with E-state index in [-0.39, 0.29) is 11.6 Å². The Hall–Kier alpha value is -1.43. The number of nitrogens with one attached hydrogen (secondary N) is 1. The average Bonchev–Trinajstić information content (AvgIpc) is 2.43.